The van der Waals surface area contributed by atoms with Crippen molar-refractivity contribution in [1.29, 1.82) is 0 Å². The number of rotatable bonds is 2. The molecule has 134 valence electrons. The van der Waals surface area contributed by atoms with Gasteiger partial charge in [-0.15, -0.1) is 0 Å². The molecule has 0 N–H and O–H groups in total. The van der Waals surface area contributed by atoms with Gasteiger partial charge in [-0.2, -0.15) is 0 Å². The van der Waals surface area contributed by atoms with Crippen LogP contribution >= 0.6 is 0 Å². The van der Waals surface area contributed by atoms with E-state index in [-0.39, 0.29) is 18.3 Å². The first-order valence-electron chi connectivity index (χ1n) is 9.89. The summed E-state index contributed by atoms with van der Waals surface area (Å²) in [6, 6.07) is 0. The second-order valence-electron chi connectivity index (χ2n) is 8.86. The number of alkyl halides is 3. The molecule has 3 saturated carbocycles. The Kier molecular flexibility index (Phi) is 5.63. The maximum atomic E-state index is 14.4. The Balaban J connectivity index is 1.52. The minimum atomic E-state index is -1.61. The first-order chi connectivity index (χ1) is 11.0. The fourth-order valence-electron chi connectivity index (χ4n) is 5.58. The molecule has 3 heteroatoms. The number of hydrogen-bond donors (Lipinski definition) is 0. The summed E-state index contributed by atoms with van der Waals surface area (Å²) < 4.78 is 42.4. The summed E-state index contributed by atoms with van der Waals surface area (Å²) in [5.41, 5.74) is 0. The number of halogens is 3. The summed E-state index contributed by atoms with van der Waals surface area (Å²) >= 11 is 0. The third-order valence-electron chi connectivity index (χ3n) is 7.43. The maximum absolute atomic E-state index is 14.4. The van der Waals surface area contributed by atoms with Crippen LogP contribution in [0.15, 0.2) is 0 Å². The van der Waals surface area contributed by atoms with Crippen molar-refractivity contribution in [2.24, 2.45) is 35.5 Å². The molecule has 3 fully saturated rings. The van der Waals surface area contributed by atoms with E-state index in [1.54, 1.807) is 0 Å². The lowest BCUT2D eigenvalue weighted by molar-refractivity contribution is -0.0474. The standard InChI is InChI=1S/C20H33F3/c1-12-3-5-14(6-4-12)15-7-9-16(10-8-15)17-11-18(21)13(2)19(22)20(17)23/h12-20H,3-11H2,1-2H3. The molecule has 0 radical (unpaired) electrons. The van der Waals surface area contributed by atoms with E-state index >= 15 is 0 Å². The molecule has 23 heavy (non-hydrogen) atoms. The Hall–Kier alpha value is -0.210. The van der Waals surface area contributed by atoms with E-state index in [2.05, 4.69) is 6.92 Å². The molecule has 3 aliphatic rings. The van der Waals surface area contributed by atoms with Gasteiger partial charge in [-0.1, -0.05) is 26.7 Å². The second kappa shape index (κ2) is 7.35. The van der Waals surface area contributed by atoms with Crippen molar-refractivity contribution in [2.75, 3.05) is 0 Å². The van der Waals surface area contributed by atoms with Crippen molar-refractivity contribution in [2.45, 2.75) is 90.1 Å². The van der Waals surface area contributed by atoms with Gasteiger partial charge >= 0.3 is 0 Å². The van der Waals surface area contributed by atoms with Gasteiger partial charge in [-0.25, -0.2) is 13.2 Å². The average molecular weight is 330 g/mol. The molecule has 5 unspecified atom stereocenters. The van der Waals surface area contributed by atoms with Crippen molar-refractivity contribution in [3.8, 4) is 0 Å². The lowest BCUT2D eigenvalue weighted by atomic mass is 9.64. The van der Waals surface area contributed by atoms with Gasteiger partial charge in [0.25, 0.3) is 0 Å². The molecule has 5 atom stereocenters. The van der Waals surface area contributed by atoms with Crippen LogP contribution in [0.4, 0.5) is 13.2 Å². The molecule has 0 nitrogen and oxygen atoms in total. The van der Waals surface area contributed by atoms with Gasteiger partial charge in [0, 0.05) is 5.92 Å². The van der Waals surface area contributed by atoms with Crippen molar-refractivity contribution in [3.63, 3.8) is 0 Å². The molecule has 3 rings (SSSR count). The second-order valence-corrected chi connectivity index (χ2v) is 8.86. The summed E-state index contributed by atoms with van der Waals surface area (Å²) in [6.07, 6.45) is 5.67. The van der Waals surface area contributed by atoms with Gasteiger partial charge < -0.3 is 0 Å². The van der Waals surface area contributed by atoms with Crippen molar-refractivity contribution in [1.82, 2.24) is 0 Å². The Morgan fingerprint density at radius 1 is 0.609 bits per heavy atom. The molecule has 0 amide bonds. The maximum Gasteiger partial charge on any atom is 0.137 e. The van der Waals surface area contributed by atoms with Gasteiger partial charge in [0.2, 0.25) is 0 Å². The van der Waals surface area contributed by atoms with E-state index in [0.717, 1.165) is 43.4 Å². The van der Waals surface area contributed by atoms with Crippen LogP contribution in [-0.4, -0.2) is 18.5 Å². The van der Waals surface area contributed by atoms with Crippen molar-refractivity contribution >= 4 is 0 Å². The lowest BCUT2D eigenvalue weighted by Gasteiger charge is -2.43. The van der Waals surface area contributed by atoms with Crippen LogP contribution in [0.1, 0.15) is 71.6 Å². The van der Waals surface area contributed by atoms with Crippen LogP contribution in [0, 0.1) is 35.5 Å². The van der Waals surface area contributed by atoms with Gasteiger partial charge in [0.05, 0.1) is 0 Å². The third kappa shape index (κ3) is 3.74. The molecule has 0 aliphatic heterocycles. The zero-order valence-corrected chi connectivity index (χ0v) is 14.7. The van der Waals surface area contributed by atoms with E-state index in [0.29, 0.717) is 0 Å². The lowest BCUT2D eigenvalue weighted by Crippen LogP contribution is -2.46. The topological polar surface area (TPSA) is 0 Å². The molecule has 3 aliphatic carbocycles. The zero-order chi connectivity index (χ0) is 16.6. The Morgan fingerprint density at radius 3 is 1.65 bits per heavy atom. The van der Waals surface area contributed by atoms with Gasteiger partial charge in [0.15, 0.2) is 0 Å². The highest BCUT2D eigenvalue weighted by Crippen LogP contribution is 2.47. The quantitative estimate of drug-likeness (QED) is 0.558. The van der Waals surface area contributed by atoms with Gasteiger partial charge in [-0.3, -0.25) is 0 Å². The minimum Gasteiger partial charge on any atom is -0.247 e. The van der Waals surface area contributed by atoms with E-state index in [9.17, 15) is 13.2 Å². The number of hydrogen-bond acceptors (Lipinski definition) is 0. The largest absolute Gasteiger partial charge is 0.247 e. The summed E-state index contributed by atoms with van der Waals surface area (Å²) in [5, 5.41) is 0. The van der Waals surface area contributed by atoms with E-state index in [1.165, 1.54) is 32.6 Å². The molecule has 0 heterocycles. The van der Waals surface area contributed by atoms with Crippen LogP contribution in [0.25, 0.3) is 0 Å². The van der Waals surface area contributed by atoms with E-state index in [1.807, 2.05) is 0 Å². The predicted octanol–water partition coefficient (Wildman–Crippen LogP) is 6.29. The normalized spacial score (nSPS) is 52.3. The molecular formula is C20H33F3. The van der Waals surface area contributed by atoms with Crippen LogP contribution in [0.2, 0.25) is 0 Å². The molecule has 0 bridgehead atoms. The molecule has 0 saturated heterocycles. The van der Waals surface area contributed by atoms with E-state index in [4.69, 9.17) is 0 Å². The Bertz CT molecular complexity index is 369. The molecular weight excluding hydrogens is 297 g/mol. The monoisotopic (exact) mass is 330 g/mol. The SMILES string of the molecule is CC1CCC(C2CCC(C3CC(F)C(C)C(F)C3F)CC2)CC1. The molecule has 0 spiro atoms. The highest BCUT2D eigenvalue weighted by molar-refractivity contribution is 4.95. The first kappa shape index (κ1) is 17.6. The van der Waals surface area contributed by atoms with Crippen LogP contribution in [0.5, 0.6) is 0 Å². The Morgan fingerprint density at radius 2 is 1.09 bits per heavy atom. The van der Waals surface area contributed by atoms with Gasteiger partial charge in [-0.05, 0) is 74.5 Å². The van der Waals surface area contributed by atoms with Crippen molar-refractivity contribution < 1.29 is 13.2 Å². The minimum absolute atomic E-state index is 0.202. The summed E-state index contributed by atoms with van der Waals surface area (Å²) in [6.45, 7) is 3.86. The van der Waals surface area contributed by atoms with Crippen LogP contribution in [0.3, 0.4) is 0 Å². The highest BCUT2D eigenvalue weighted by atomic mass is 19.2. The zero-order valence-electron chi connectivity index (χ0n) is 14.7. The first-order valence-corrected chi connectivity index (χ1v) is 9.89. The summed E-state index contributed by atoms with van der Waals surface area (Å²) in [5.74, 6) is 1.55. The summed E-state index contributed by atoms with van der Waals surface area (Å²) in [7, 11) is 0. The molecule has 0 aromatic rings. The fourth-order valence-corrected chi connectivity index (χ4v) is 5.58. The smallest absolute Gasteiger partial charge is 0.137 e. The summed E-state index contributed by atoms with van der Waals surface area (Å²) in [4.78, 5) is 0. The van der Waals surface area contributed by atoms with E-state index < -0.39 is 24.4 Å². The predicted molar refractivity (Wildman–Crippen MR) is 88.5 cm³/mol. The van der Waals surface area contributed by atoms with Crippen LogP contribution < -0.4 is 0 Å². The van der Waals surface area contributed by atoms with Crippen LogP contribution in [-0.2, 0) is 0 Å². The third-order valence-corrected chi connectivity index (χ3v) is 7.43. The fraction of sp³-hybridized carbons (Fsp3) is 1.00. The Labute approximate surface area is 139 Å². The van der Waals surface area contributed by atoms with Gasteiger partial charge in [0.1, 0.15) is 18.5 Å². The van der Waals surface area contributed by atoms with Crippen molar-refractivity contribution in [3.05, 3.63) is 0 Å². The average Bonchev–Trinajstić information content (AvgIpc) is 2.57. The molecule has 0 aromatic heterocycles. The highest BCUT2D eigenvalue weighted by Gasteiger charge is 2.47. The molecule has 0 aromatic carbocycles.